The number of nitrogens with two attached hydrogens (primary N) is 1. The molecule has 2 aromatic rings. The van der Waals surface area contributed by atoms with Crippen LogP contribution < -0.4 is 5.73 Å². The number of ether oxygens (including phenoxy) is 1. The van der Waals surface area contributed by atoms with Crippen LogP contribution in [-0.2, 0) is 4.74 Å². The van der Waals surface area contributed by atoms with Crippen molar-refractivity contribution >= 4 is 17.0 Å². The summed E-state index contributed by atoms with van der Waals surface area (Å²) in [5, 5.41) is 5.95. The second-order valence-corrected chi connectivity index (χ2v) is 4.85. The van der Waals surface area contributed by atoms with Gasteiger partial charge in [0.2, 0.25) is 5.82 Å². The van der Waals surface area contributed by atoms with E-state index in [-0.39, 0.29) is 6.10 Å². The zero-order chi connectivity index (χ0) is 13.1. The Hall–Kier alpha value is -1.40. The van der Waals surface area contributed by atoms with Crippen molar-refractivity contribution in [2.45, 2.75) is 33.3 Å². The molecule has 98 valence electrons. The van der Waals surface area contributed by atoms with E-state index in [9.17, 15) is 0 Å². The molecular formula is C12H17N3O2S. The van der Waals surface area contributed by atoms with Gasteiger partial charge in [-0.3, -0.25) is 0 Å². The number of aryl methyl sites for hydroxylation is 1. The van der Waals surface area contributed by atoms with E-state index >= 15 is 0 Å². The van der Waals surface area contributed by atoms with Gasteiger partial charge in [-0.2, -0.15) is 4.98 Å². The number of thiophene rings is 1. The largest absolute Gasteiger partial charge is 0.397 e. The minimum atomic E-state index is -0.116. The van der Waals surface area contributed by atoms with Crippen LogP contribution in [0.15, 0.2) is 9.90 Å². The number of aromatic nitrogens is 2. The second kappa shape index (κ2) is 5.49. The summed E-state index contributed by atoms with van der Waals surface area (Å²) in [7, 11) is 0. The van der Waals surface area contributed by atoms with Gasteiger partial charge >= 0.3 is 0 Å². The minimum Gasteiger partial charge on any atom is -0.397 e. The van der Waals surface area contributed by atoms with Crippen LogP contribution in [0, 0.1) is 6.92 Å². The first-order chi connectivity index (χ1) is 8.67. The Balaban J connectivity index is 2.27. The Morgan fingerprint density at radius 3 is 2.83 bits per heavy atom. The van der Waals surface area contributed by atoms with Crippen molar-refractivity contribution < 1.29 is 9.26 Å². The third-order valence-electron chi connectivity index (χ3n) is 2.69. The number of rotatable bonds is 5. The number of anilines is 1. The molecule has 2 aromatic heterocycles. The van der Waals surface area contributed by atoms with Gasteiger partial charge in [0.25, 0.3) is 5.89 Å². The maximum absolute atomic E-state index is 5.96. The molecule has 0 bridgehead atoms. The van der Waals surface area contributed by atoms with E-state index in [1.807, 2.05) is 26.2 Å². The quantitative estimate of drug-likeness (QED) is 0.900. The van der Waals surface area contributed by atoms with Gasteiger partial charge in [-0.1, -0.05) is 12.1 Å². The van der Waals surface area contributed by atoms with Crippen molar-refractivity contribution in [1.29, 1.82) is 0 Å². The van der Waals surface area contributed by atoms with Crippen LogP contribution >= 0.6 is 11.3 Å². The summed E-state index contributed by atoms with van der Waals surface area (Å²) in [6.07, 6.45) is 0.695. The number of nitrogens with zero attached hydrogens (tertiary/aromatic N) is 2. The zero-order valence-electron chi connectivity index (χ0n) is 10.8. The molecular weight excluding hydrogens is 250 g/mol. The Morgan fingerprint density at radius 2 is 2.28 bits per heavy atom. The molecule has 0 fully saturated rings. The Labute approximate surface area is 110 Å². The molecule has 0 saturated carbocycles. The summed E-state index contributed by atoms with van der Waals surface area (Å²) in [5.74, 6) is 1.05. The highest BCUT2D eigenvalue weighted by Gasteiger charge is 2.20. The molecule has 2 heterocycles. The maximum atomic E-state index is 5.96. The van der Waals surface area contributed by atoms with E-state index in [4.69, 9.17) is 15.0 Å². The van der Waals surface area contributed by atoms with Crippen molar-refractivity contribution in [2.24, 2.45) is 0 Å². The van der Waals surface area contributed by atoms with Gasteiger partial charge in [0.1, 0.15) is 11.0 Å². The Morgan fingerprint density at radius 1 is 1.50 bits per heavy atom. The van der Waals surface area contributed by atoms with E-state index in [1.54, 1.807) is 0 Å². The van der Waals surface area contributed by atoms with Crippen molar-refractivity contribution in [3.63, 3.8) is 0 Å². The zero-order valence-corrected chi connectivity index (χ0v) is 11.6. The van der Waals surface area contributed by atoms with Crippen LogP contribution in [0.4, 0.5) is 5.69 Å². The maximum Gasteiger partial charge on any atom is 0.270 e. The van der Waals surface area contributed by atoms with Gasteiger partial charge in [0, 0.05) is 6.61 Å². The third-order valence-corrected chi connectivity index (χ3v) is 3.79. The summed E-state index contributed by atoms with van der Waals surface area (Å²) < 4.78 is 10.8. The van der Waals surface area contributed by atoms with Crippen LogP contribution in [-0.4, -0.2) is 16.7 Å². The summed E-state index contributed by atoms with van der Waals surface area (Å²) in [4.78, 5) is 5.20. The lowest BCUT2D eigenvalue weighted by Gasteiger charge is -2.09. The van der Waals surface area contributed by atoms with Crippen molar-refractivity contribution in [2.75, 3.05) is 12.3 Å². The summed E-state index contributed by atoms with van der Waals surface area (Å²) in [6.45, 7) is 6.56. The Bertz CT molecular complexity index is 521. The molecule has 2 N–H and O–H groups in total. The van der Waals surface area contributed by atoms with Gasteiger partial charge in [-0.15, -0.1) is 11.3 Å². The monoisotopic (exact) mass is 267 g/mol. The first-order valence-corrected chi connectivity index (χ1v) is 6.84. The van der Waals surface area contributed by atoms with Crippen molar-refractivity contribution in [1.82, 2.24) is 10.1 Å². The standard InChI is InChI=1S/C12H17N3O2S/c1-4-8(16-5-2)11-14-12(17-15-11)10-9(13)7(3)6-18-10/h6,8H,4-5,13H2,1-3H3. The normalized spacial score (nSPS) is 12.8. The van der Waals surface area contributed by atoms with E-state index in [2.05, 4.69) is 10.1 Å². The topological polar surface area (TPSA) is 74.2 Å². The minimum absolute atomic E-state index is 0.116. The van der Waals surface area contributed by atoms with Crippen molar-refractivity contribution in [3.8, 4) is 10.8 Å². The fraction of sp³-hybridized carbons (Fsp3) is 0.500. The highest BCUT2D eigenvalue weighted by atomic mass is 32.1. The molecule has 0 radical (unpaired) electrons. The third kappa shape index (κ3) is 2.39. The molecule has 0 aliphatic heterocycles. The molecule has 1 unspecified atom stereocenters. The fourth-order valence-electron chi connectivity index (χ4n) is 1.65. The summed E-state index contributed by atoms with van der Waals surface area (Å²) in [6, 6.07) is 0. The lowest BCUT2D eigenvalue weighted by atomic mass is 10.2. The average molecular weight is 267 g/mol. The molecule has 5 nitrogen and oxygen atoms in total. The van der Waals surface area contributed by atoms with Crippen LogP contribution in [0.5, 0.6) is 0 Å². The predicted molar refractivity (Wildman–Crippen MR) is 71.4 cm³/mol. The second-order valence-electron chi connectivity index (χ2n) is 3.97. The average Bonchev–Trinajstić information content (AvgIpc) is 2.95. The van der Waals surface area contributed by atoms with Gasteiger partial charge in [-0.05, 0) is 31.2 Å². The number of nitrogen functional groups attached to an aromatic ring is 1. The molecule has 2 rings (SSSR count). The lowest BCUT2D eigenvalue weighted by molar-refractivity contribution is 0.0518. The number of hydrogen-bond acceptors (Lipinski definition) is 6. The highest BCUT2D eigenvalue weighted by molar-refractivity contribution is 7.14. The SMILES string of the molecule is CCOC(CC)c1noc(-c2scc(C)c2N)n1. The number of hydrogen-bond donors (Lipinski definition) is 1. The van der Waals surface area contributed by atoms with Gasteiger partial charge in [0.05, 0.1) is 5.69 Å². The summed E-state index contributed by atoms with van der Waals surface area (Å²) >= 11 is 1.51. The Kier molecular flexibility index (Phi) is 3.98. The molecule has 0 spiro atoms. The van der Waals surface area contributed by atoms with Gasteiger partial charge in [0.15, 0.2) is 0 Å². The van der Waals surface area contributed by atoms with Gasteiger partial charge < -0.3 is 15.0 Å². The fourth-order valence-corrected chi connectivity index (χ4v) is 2.55. The van der Waals surface area contributed by atoms with Crippen LogP contribution in [0.2, 0.25) is 0 Å². The first-order valence-electron chi connectivity index (χ1n) is 5.96. The molecule has 0 aliphatic rings. The predicted octanol–water partition coefficient (Wildman–Crippen LogP) is 3.18. The molecule has 0 saturated heterocycles. The first kappa shape index (κ1) is 13.0. The van der Waals surface area contributed by atoms with Crippen molar-refractivity contribution in [3.05, 3.63) is 16.8 Å². The van der Waals surface area contributed by atoms with Crippen LogP contribution in [0.25, 0.3) is 10.8 Å². The molecule has 18 heavy (non-hydrogen) atoms. The highest BCUT2D eigenvalue weighted by Crippen LogP contribution is 2.34. The molecule has 0 amide bonds. The molecule has 6 heteroatoms. The van der Waals surface area contributed by atoms with E-state index in [0.29, 0.717) is 24.0 Å². The molecule has 0 aliphatic carbocycles. The van der Waals surface area contributed by atoms with E-state index in [1.165, 1.54) is 11.3 Å². The van der Waals surface area contributed by atoms with Crippen LogP contribution in [0.1, 0.15) is 37.8 Å². The van der Waals surface area contributed by atoms with Gasteiger partial charge in [-0.25, -0.2) is 0 Å². The van der Waals surface area contributed by atoms with E-state index < -0.39 is 0 Å². The van der Waals surface area contributed by atoms with E-state index in [0.717, 1.165) is 16.9 Å². The summed E-state index contributed by atoms with van der Waals surface area (Å²) in [5.41, 5.74) is 7.70. The lowest BCUT2D eigenvalue weighted by Crippen LogP contribution is -2.04. The van der Waals surface area contributed by atoms with Crippen LogP contribution in [0.3, 0.4) is 0 Å². The molecule has 0 aromatic carbocycles. The molecule has 1 atom stereocenters. The smallest absolute Gasteiger partial charge is 0.270 e.